The predicted octanol–water partition coefficient (Wildman–Crippen LogP) is 2.01. The molecule has 1 aliphatic heterocycles. The van der Waals surface area contributed by atoms with Crippen molar-refractivity contribution in [2.75, 3.05) is 31.2 Å². The Morgan fingerprint density at radius 2 is 1.89 bits per heavy atom. The molecule has 2 rings (SSSR count). The van der Waals surface area contributed by atoms with Gasteiger partial charge in [0.1, 0.15) is 5.78 Å². The van der Waals surface area contributed by atoms with Crippen molar-refractivity contribution in [1.82, 2.24) is 4.90 Å². The van der Waals surface area contributed by atoms with E-state index >= 15 is 0 Å². The molecule has 0 aliphatic carbocycles. The first-order valence-corrected chi connectivity index (χ1v) is 7.58. The van der Waals surface area contributed by atoms with E-state index < -0.39 is 0 Å². The van der Waals surface area contributed by atoms with E-state index in [1.54, 1.807) is 11.8 Å². The summed E-state index contributed by atoms with van der Waals surface area (Å²) in [6.07, 6.45) is 3.15. The highest BCUT2D eigenvalue weighted by molar-refractivity contribution is 7.98. The molecule has 0 spiro atoms. The Kier molecular flexibility index (Phi) is 4.99. The maximum atomic E-state index is 11.9. The summed E-state index contributed by atoms with van der Waals surface area (Å²) in [5, 5.41) is 2.88. The van der Waals surface area contributed by atoms with Crippen LogP contribution in [0, 0.1) is 0 Å². The van der Waals surface area contributed by atoms with Crippen molar-refractivity contribution in [3.05, 3.63) is 24.3 Å². The van der Waals surface area contributed by atoms with Gasteiger partial charge in [0.25, 0.3) is 0 Å². The number of carbonyl (C=O) groups excluding carboxylic acids is 2. The summed E-state index contributed by atoms with van der Waals surface area (Å²) >= 11 is 1.67. The highest BCUT2D eigenvalue weighted by Gasteiger charge is 2.18. The molecule has 1 heterocycles. The van der Waals surface area contributed by atoms with E-state index in [1.165, 1.54) is 4.90 Å². The maximum Gasteiger partial charge on any atom is 0.238 e. The Bertz CT molecular complexity index is 449. The highest BCUT2D eigenvalue weighted by atomic mass is 32.2. The average Bonchev–Trinajstić information content (AvgIpc) is 2.42. The molecule has 0 saturated carbocycles. The van der Waals surface area contributed by atoms with E-state index in [1.807, 2.05) is 35.4 Å². The second kappa shape index (κ2) is 6.73. The first-order chi connectivity index (χ1) is 9.17. The largest absolute Gasteiger partial charge is 0.325 e. The lowest BCUT2D eigenvalue weighted by Crippen LogP contribution is -2.39. The van der Waals surface area contributed by atoms with Crippen LogP contribution in [0.15, 0.2) is 29.2 Å². The fourth-order valence-corrected chi connectivity index (χ4v) is 2.45. The topological polar surface area (TPSA) is 49.4 Å². The Balaban J connectivity index is 1.81. The van der Waals surface area contributed by atoms with Gasteiger partial charge in [0.2, 0.25) is 5.91 Å². The molecule has 1 saturated heterocycles. The smallest absolute Gasteiger partial charge is 0.238 e. The van der Waals surface area contributed by atoms with Crippen LogP contribution in [0.3, 0.4) is 0 Å². The van der Waals surface area contributed by atoms with Crippen molar-refractivity contribution in [2.24, 2.45) is 0 Å². The predicted molar refractivity (Wildman–Crippen MR) is 77.5 cm³/mol. The Hall–Kier alpha value is -1.33. The molecule has 1 aromatic carbocycles. The van der Waals surface area contributed by atoms with E-state index in [2.05, 4.69) is 5.32 Å². The zero-order valence-electron chi connectivity index (χ0n) is 11.0. The summed E-state index contributed by atoms with van der Waals surface area (Å²) in [7, 11) is 0. The SMILES string of the molecule is CSc1ccc(NC(=O)CN2CCC(=O)CC2)cc1. The van der Waals surface area contributed by atoms with Crippen LogP contribution in [-0.4, -0.2) is 42.5 Å². The van der Waals surface area contributed by atoms with E-state index in [0.29, 0.717) is 38.3 Å². The van der Waals surface area contributed by atoms with Crippen LogP contribution in [-0.2, 0) is 9.59 Å². The standard InChI is InChI=1S/C14H18N2O2S/c1-19-13-4-2-11(3-5-13)15-14(18)10-16-8-6-12(17)7-9-16/h2-5H,6-10H2,1H3,(H,15,18). The molecular formula is C14H18N2O2S. The number of ketones is 1. The zero-order valence-corrected chi connectivity index (χ0v) is 11.8. The van der Waals surface area contributed by atoms with Gasteiger partial charge in [0.05, 0.1) is 6.54 Å². The lowest BCUT2D eigenvalue weighted by Gasteiger charge is -2.24. The molecule has 1 fully saturated rings. The van der Waals surface area contributed by atoms with Gasteiger partial charge in [-0.2, -0.15) is 0 Å². The van der Waals surface area contributed by atoms with Crippen LogP contribution in [0.25, 0.3) is 0 Å². The minimum absolute atomic E-state index is 0.0220. The number of likely N-dealkylation sites (tertiary alicyclic amines) is 1. The molecule has 0 bridgehead atoms. The van der Waals surface area contributed by atoms with E-state index in [9.17, 15) is 9.59 Å². The Morgan fingerprint density at radius 1 is 1.26 bits per heavy atom. The second-order valence-electron chi connectivity index (χ2n) is 4.59. The second-order valence-corrected chi connectivity index (χ2v) is 5.47. The molecule has 1 amide bonds. The van der Waals surface area contributed by atoms with Gasteiger partial charge in [-0.3, -0.25) is 14.5 Å². The third kappa shape index (κ3) is 4.36. The molecule has 1 aromatic rings. The highest BCUT2D eigenvalue weighted by Crippen LogP contribution is 2.17. The number of amides is 1. The normalized spacial score (nSPS) is 16.4. The number of hydrogen-bond donors (Lipinski definition) is 1. The molecule has 1 N–H and O–H groups in total. The number of hydrogen-bond acceptors (Lipinski definition) is 4. The van der Waals surface area contributed by atoms with Crippen LogP contribution >= 0.6 is 11.8 Å². The lowest BCUT2D eigenvalue weighted by atomic mass is 10.1. The summed E-state index contributed by atoms with van der Waals surface area (Å²) < 4.78 is 0. The minimum Gasteiger partial charge on any atom is -0.325 e. The fraction of sp³-hybridized carbons (Fsp3) is 0.429. The van der Waals surface area contributed by atoms with Gasteiger partial charge >= 0.3 is 0 Å². The lowest BCUT2D eigenvalue weighted by molar-refractivity contribution is -0.124. The van der Waals surface area contributed by atoms with Gasteiger partial charge in [0.15, 0.2) is 0 Å². The van der Waals surface area contributed by atoms with Crippen LogP contribution in [0.1, 0.15) is 12.8 Å². The molecule has 0 aromatic heterocycles. The van der Waals surface area contributed by atoms with Gasteiger partial charge in [-0.1, -0.05) is 0 Å². The molecule has 0 unspecified atom stereocenters. The number of carbonyl (C=O) groups is 2. The molecule has 102 valence electrons. The third-order valence-electron chi connectivity index (χ3n) is 3.15. The first-order valence-electron chi connectivity index (χ1n) is 6.35. The third-order valence-corrected chi connectivity index (χ3v) is 3.90. The first kappa shape index (κ1) is 14.1. The van der Waals surface area contributed by atoms with E-state index in [4.69, 9.17) is 0 Å². The zero-order chi connectivity index (χ0) is 13.7. The van der Waals surface area contributed by atoms with Crippen molar-refractivity contribution in [1.29, 1.82) is 0 Å². The summed E-state index contributed by atoms with van der Waals surface area (Å²) in [4.78, 5) is 26.2. The molecule has 0 radical (unpaired) electrons. The summed E-state index contributed by atoms with van der Waals surface area (Å²) in [6.45, 7) is 1.74. The quantitative estimate of drug-likeness (QED) is 0.856. The number of anilines is 1. The molecule has 0 atom stereocenters. The van der Waals surface area contributed by atoms with Gasteiger partial charge in [-0.15, -0.1) is 11.8 Å². The molecule has 5 heteroatoms. The van der Waals surface area contributed by atoms with Crippen molar-refractivity contribution < 1.29 is 9.59 Å². The van der Waals surface area contributed by atoms with Crippen LogP contribution in [0.4, 0.5) is 5.69 Å². The fourth-order valence-electron chi connectivity index (χ4n) is 2.04. The van der Waals surface area contributed by atoms with E-state index in [-0.39, 0.29) is 5.91 Å². The van der Waals surface area contributed by atoms with Gasteiger partial charge in [-0.25, -0.2) is 0 Å². The van der Waals surface area contributed by atoms with Crippen molar-refractivity contribution >= 4 is 29.1 Å². The Labute approximate surface area is 117 Å². The number of nitrogens with zero attached hydrogens (tertiary/aromatic N) is 1. The maximum absolute atomic E-state index is 11.9. The van der Waals surface area contributed by atoms with Crippen molar-refractivity contribution in [3.63, 3.8) is 0 Å². The Morgan fingerprint density at radius 3 is 2.47 bits per heavy atom. The molecular weight excluding hydrogens is 260 g/mol. The number of thioether (sulfide) groups is 1. The van der Waals surface area contributed by atoms with Crippen LogP contribution < -0.4 is 5.32 Å². The number of nitrogens with one attached hydrogen (secondary N) is 1. The van der Waals surface area contributed by atoms with Gasteiger partial charge in [0, 0.05) is 36.5 Å². The van der Waals surface area contributed by atoms with Crippen LogP contribution in [0.5, 0.6) is 0 Å². The number of benzene rings is 1. The number of Topliss-reactive ketones (excluding diaryl/α,β-unsaturated/α-hetero) is 1. The van der Waals surface area contributed by atoms with Gasteiger partial charge in [-0.05, 0) is 30.5 Å². The van der Waals surface area contributed by atoms with Crippen molar-refractivity contribution in [2.45, 2.75) is 17.7 Å². The van der Waals surface area contributed by atoms with Crippen molar-refractivity contribution in [3.8, 4) is 0 Å². The molecule has 4 nitrogen and oxygen atoms in total. The van der Waals surface area contributed by atoms with E-state index in [0.717, 1.165) is 5.69 Å². The summed E-state index contributed by atoms with van der Waals surface area (Å²) in [5.41, 5.74) is 0.816. The molecule has 1 aliphatic rings. The summed E-state index contributed by atoms with van der Waals surface area (Å²) in [5.74, 6) is 0.274. The monoisotopic (exact) mass is 278 g/mol. The number of rotatable bonds is 4. The minimum atomic E-state index is -0.0220. The summed E-state index contributed by atoms with van der Waals surface area (Å²) in [6, 6.07) is 7.78. The molecule has 19 heavy (non-hydrogen) atoms. The van der Waals surface area contributed by atoms with Gasteiger partial charge < -0.3 is 5.32 Å². The van der Waals surface area contributed by atoms with Crippen LogP contribution in [0.2, 0.25) is 0 Å². The average molecular weight is 278 g/mol. The number of piperidine rings is 1.